The van der Waals surface area contributed by atoms with Crippen molar-refractivity contribution in [1.82, 2.24) is 5.32 Å². The number of aliphatic hydroxyl groups excluding tert-OH is 2. The van der Waals surface area contributed by atoms with Crippen LogP contribution in [0, 0.1) is 0 Å². The zero-order valence-corrected chi connectivity index (χ0v) is 47.5. The van der Waals surface area contributed by atoms with Gasteiger partial charge in [0.2, 0.25) is 5.91 Å². The third-order valence-electron chi connectivity index (χ3n) is 15.1. The number of unbranched alkanes of at least 4 members (excludes halogenated alkanes) is 47. The van der Waals surface area contributed by atoms with Crippen LogP contribution in [0.4, 0.5) is 0 Å². The molecule has 0 saturated carbocycles. The van der Waals surface area contributed by atoms with E-state index in [0.717, 1.165) is 38.5 Å². The number of aliphatic hydroxyl groups is 2. The number of hydrogen-bond donors (Lipinski definition) is 3. The van der Waals surface area contributed by atoms with Crippen molar-refractivity contribution in [1.29, 1.82) is 0 Å². The molecule has 0 heterocycles. The number of carbonyl (C=O) groups excluding carboxylic acids is 2. The zero-order chi connectivity index (χ0) is 50.7. The molecule has 2 unspecified atom stereocenters. The average Bonchev–Trinajstić information content (AvgIpc) is 3.36. The maximum absolute atomic E-state index is 12.5. The average molecular weight is 989 g/mol. The lowest BCUT2D eigenvalue weighted by molar-refractivity contribution is -0.143. The molecule has 0 aliphatic rings. The first-order chi connectivity index (χ1) is 34.5. The highest BCUT2D eigenvalue weighted by Crippen LogP contribution is 2.18. The molecule has 0 aromatic carbocycles. The minimum Gasteiger partial charge on any atom is -0.466 e. The molecule has 0 spiro atoms. The Bertz CT molecular complexity index is 1050. The van der Waals surface area contributed by atoms with Crippen LogP contribution in [0.15, 0.2) is 12.2 Å². The Morgan fingerprint density at radius 1 is 0.386 bits per heavy atom. The van der Waals surface area contributed by atoms with Crippen LogP contribution in [0.1, 0.15) is 361 Å². The van der Waals surface area contributed by atoms with Crippen molar-refractivity contribution in [2.45, 2.75) is 373 Å². The van der Waals surface area contributed by atoms with Gasteiger partial charge in [0.25, 0.3) is 0 Å². The van der Waals surface area contributed by atoms with E-state index in [-0.39, 0.29) is 18.5 Å². The maximum atomic E-state index is 12.5. The summed E-state index contributed by atoms with van der Waals surface area (Å²) >= 11 is 0. The van der Waals surface area contributed by atoms with Crippen LogP contribution in [0.25, 0.3) is 0 Å². The van der Waals surface area contributed by atoms with Gasteiger partial charge in [-0.2, -0.15) is 0 Å². The number of carbonyl (C=O) groups is 2. The molecule has 2 atom stereocenters. The predicted molar refractivity (Wildman–Crippen MR) is 306 cm³/mol. The van der Waals surface area contributed by atoms with Crippen molar-refractivity contribution in [3.8, 4) is 0 Å². The van der Waals surface area contributed by atoms with Gasteiger partial charge in [0, 0.05) is 12.8 Å². The Labute approximate surface area is 438 Å². The Kier molecular flexibility index (Phi) is 59.0. The summed E-state index contributed by atoms with van der Waals surface area (Å²) in [6.07, 6.45) is 72.3. The summed E-state index contributed by atoms with van der Waals surface area (Å²) in [5.41, 5.74) is 0. The molecule has 70 heavy (non-hydrogen) atoms. The second-order valence-electron chi connectivity index (χ2n) is 22.1. The molecule has 0 saturated heterocycles. The molecule has 0 radical (unpaired) electrons. The highest BCUT2D eigenvalue weighted by molar-refractivity contribution is 5.76. The van der Waals surface area contributed by atoms with Gasteiger partial charge >= 0.3 is 5.97 Å². The van der Waals surface area contributed by atoms with Crippen molar-refractivity contribution in [3.05, 3.63) is 12.2 Å². The molecule has 0 aromatic rings. The van der Waals surface area contributed by atoms with Crippen LogP contribution >= 0.6 is 0 Å². The van der Waals surface area contributed by atoms with Crippen molar-refractivity contribution >= 4 is 11.9 Å². The Hall–Kier alpha value is -1.40. The number of allylic oxidation sites excluding steroid dienone is 2. The number of hydrogen-bond acceptors (Lipinski definition) is 5. The Balaban J connectivity index is 3.36. The summed E-state index contributed by atoms with van der Waals surface area (Å²) < 4.78 is 5.49. The largest absolute Gasteiger partial charge is 0.466 e. The van der Waals surface area contributed by atoms with E-state index in [2.05, 4.69) is 31.3 Å². The molecule has 0 aliphatic heterocycles. The maximum Gasteiger partial charge on any atom is 0.305 e. The summed E-state index contributed by atoms with van der Waals surface area (Å²) in [7, 11) is 0. The molecule has 0 aromatic heterocycles. The van der Waals surface area contributed by atoms with Gasteiger partial charge in [0.1, 0.15) is 0 Å². The van der Waals surface area contributed by atoms with E-state index in [0.29, 0.717) is 25.9 Å². The van der Waals surface area contributed by atoms with Crippen LogP contribution in [-0.2, 0) is 14.3 Å². The van der Waals surface area contributed by atoms with Crippen molar-refractivity contribution in [3.63, 3.8) is 0 Å². The summed E-state index contributed by atoms with van der Waals surface area (Å²) in [6, 6.07) is -0.541. The fraction of sp³-hybridized carbons (Fsp3) is 0.938. The summed E-state index contributed by atoms with van der Waals surface area (Å²) in [5, 5.41) is 23.2. The molecule has 6 nitrogen and oxygen atoms in total. The van der Waals surface area contributed by atoms with E-state index >= 15 is 0 Å². The molecule has 0 bridgehead atoms. The first-order valence-corrected chi connectivity index (χ1v) is 31.9. The monoisotopic (exact) mass is 988 g/mol. The van der Waals surface area contributed by atoms with Gasteiger partial charge < -0.3 is 20.3 Å². The van der Waals surface area contributed by atoms with E-state index in [9.17, 15) is 19.8 Å². The van der Waals surface area contributed by atoms with E-state index in [1.807, 2.05) is 0 Å². The van der Waals surface area contributed by atoms with Crippen LogP contribution in [0.5, 0.6) is 0 Å². The second-order valence-corrected chi connectivity index (χ2v) is 22.1. The molecule has 416 valence electrons. The zero-order valence-electron chi connectivity index (χ0n) is 47.5. The van der Waals surface area contributed by atoms with Gasteiger partial charge in [-0.15, -0.1) is 0 Å². The molecule has 0 rings (SSSR count). The van der Waals surface area contributed by atoms with Gasteiger partial charge in [-0.3, -0.25) is 9.59 Å². The van der Waals surface area contributed by atoms with Crippen LogP contribution in [0.3, 0.4) is 0 Å². The second kappa shape index (κ2) is 60.2. The SMILES string of the molecule is CCCCCCCCCCCCCCCCCC(=O)OCCCCCCCCCCCCCC/C=C\CCCCCCCCCCCCC(=O)NC(CO)C(O)CCCCCCCCCCCCCC. The first kappa shape index (κ1) is 68.6. The third kappa shape index (κ3) is 55.9. The molecule has 0 aliphatic carbocycles. The predicted octanol–water partition coefficient (Wildman–Crippen LogP) is 20.0. The fourth-order valence-electron chi connectivity index (χ4n) is 10.2. The van der Waals surface area contributed by atoms with E-state index in [1.54, 1.807) is 0 Å². The quantitative estimate of drug-likeness (QED) is 0.0321. The van der Waals surface area contributed by atoms with E-state index in [4.69, 9.17) is 4.74 Å². The topological polar surface area (TPSA) is 95.9 Å². The molecule has 0 fully saturated rings. The van der Waals surface area contributed by atoms with E-state index in [1.165, 1.54) is 289 Å². The number of esters is 1. The summed E-state index contributed by atoms with van der Waals surface area (Å²) in [6.45, 7) is 4.97. The normalized spacial score (nSPS) is 12.6. The lowest BCUT2D eigenvalue weighted by atomic mass is 10.0. The summed E-state index contributed by atoms with van der Waals surface area (Å²) in [5.74, 6) is -0.0177. The lowest BCUT2D eigenvalue weighted by Crippen LogP contribution is -2.45. The highest BCUT2D eigenvalue weighted by atomic mass is 16.5. The first-order valence-electron chi connectivity index (χ1n) is 31.9. The van der Waals surface area contributed by atoms with Crippen molar-refractivity contribution < 1.29 is 24.5 Å². The molecule has 6 heteroatoms. The Morgan fingerprint density at radius 2 is 0.671 bits per heavy atom. The van der Waals surface area contributed by atoms with Crippen LogP contribution in [-0.4, -0.2) is 47.4 Å². The Morgan fingerprint density at radius 3 is 1.01 bits per heavy atom. The van der Waals surface area contributed by atoms with Crippen molar-refractivity contribution in [2.75, 3.05) is 13.2 Å². The van der Waals surface area contributed by atoms with Crippen molar-refractivity contribution in [2.24, 2.45) is 0 Å². The van der Waals surface area contributed by atoms with Crippen LogP contribution in [0.2, 0.25) is 0 Å². The number of rotatable bonds is 60. The lowest BCUT2D eigenvalue weighted by Gasteiger charge is -2.22. The summed E-state index contributed by atoms with van der Waals surface area (Å²) in [4.78, 5) is 24.5. The third-order valence-corrected chi connectivity index (χ3v) is 15.1. The highest BCUT2D eigenvalue weighted by Gasteiger charge is 2.20. The van der Waals surface area contributed by atoms with Crippen LogP contribution < -0.4 is 5.32 Å². The minimum atomic E-state index is -0.663. The van der Waals surface area contributed by atoms with E-state index < -0.39 is 12.1 Å². The molecule has 1 amide bonds. The van der Waals surface area contributed by atoms with Gasteiger partial charge in [-0.05, 0) is 51.4 Å². The standard InChI is InChI=1S/C64H125NO5/c1-3-5-7-9-11-13-15-17-30-34-38-42-46-50-54-58-64(69)70-59-55-51-47-43-39-35-32-29-27-25-23-21-19-18-20-22-24-26-28-31-33-37-41-45-49-53-57-63(68)65-61(60-66)62(67)56-52-48-44-40-36-16-14-12-10-8-6-4-2/h18,20,61-62,66-67H,3-17,19,21-60H2,1-2H3,(H,65,68)/b20-18-. The fourth-order valence-corrected chi connectivity index (χ4v) is 10.2. The van der Waals surface area contributed by atoms with Gasteiger partial charge in [0.15, 0.2) is 0 Å². The number of nitrogens with one attached hydrogen (secondary N) is 1. The number of ether oxygens (including phenoxy) is 1. The van der Waals surface area contributed by atoms with Gasteiger partial charge in [-0.25, -0.2) is 0 Å². The number of amides is 1. The molecular weight excluding hydrogens is 863 g/mol. The smallest absolute Gasteiger partial charge is 0.305 e. The molecular formula is C64H125NO5. The molecule has 3 N–H and O–H groups in total. The van der Waals surface area contributed by atoms with Gasteiger partial charge in [0.05, 0.1) is 25.4 Å². The van der Waals surface area contributed by atoms with Gasteiger partial charge in [-0.1, -0.05) is 309 Å². The minimum absolute atomic E-state index is 0.0178.